The Morgan fingerprint density at radius 1 is 1.38 bits per heavy atom. The van der Waals surface area contributed by atoms with Crippen LogP contribution in [-0.2, 0) is 0 Å². The van der Waals surface area contributed by atoms with E-state index in [9.17, 15) is 4.79 Å². The predicted octanol–water partition coefficient (Wildman–Crippen LogP) is -0.129. The molecule has 0 aromatic carbocycles. The second-order valence-corrected chi connectivity index (χ2v) is 2.47. The van der Waals surface area contributed by atoms with Gasteiger partial charge in [0, 0.05) is 0 Å². The zero-order valence-electron chi connectivity index (χ0n) is 6.66. The van der Waals surface area contributed by atoms with Crippen LogP contribution < -0.4 is 11.3 Å². The van der Waals surface area contributed by atoms with Crippen LogP contribution >= 0.6 is 0 Å². The molecule has 13 heavy (non-hydrogen) atoms. The van der Waals surface area contributed by atoms with Crippen LogP contribution in [-0.4, -0.2) is 19.9 Å². The number of H-pyrrole nitrogens is 2. The Bertz CT molecular complexity index is 523. The fraction of sp³-hybridized carbons (Fsp3) is 0. The van der Waals surface area contributed by atoms with E-state index in [0.717, 1.165) is 0 Å². The third-order valence-electron chi connectivity index (χ3n) is 1.59. The molecule has 66 valence electrons. The average Bonchev–Trinajstić information content (AvgIpc) is 2.47. The second kappa shape index (κ2) is 2.44. The number of aromatic nitrogens is 4. The molecule has 2 heterocycles. The normalized spacial score (nSPS) is 10.5. The van der Waals surface area contributed by atoms with Crippen molar-refractivity contribution in [3.8, 4) is 0 Å². The van der Waals surface area contributed by atoms with Crippen LogP contribution in [0.25, 0.3) is 17.2 Å². The lowest BCUT2D eigenvalue weighted by Crippen LogP contribution is -2.10. The Balaban J connectivity index is 2.90. The minimum absolute atomic E-state index is 0.0664. The predicted molar refractivity (Wildman–Crippen MR) is 49.0 cm³/mol. The van der Waals surface area contributed by atoms with E-state index in [1.165, 1.54) is 6.08 Å². The molecule has 2 aromatic rings. The van der Waals surface area contributed by atoms with Crippen molar-refractivity contribution >= 4 is 23.2 Å². The summed E-state index contributed by atoms with van der Waals surface area (Å²) in [5.41, 5.74) is 5.59. The highest BCUT2D eigenvalue weighted by Gasteiger charge is 2.05. The van der Waals surface area contributed by atoms with Crippen molar-refractivity contribution in [2.24, 2.45) is 0 Å². The summed E-state index contributed by atoms with van der Waals surface area (Å²) < 4.78 is 0. The maximum absolute atomic E-state index is 11.2. The van der Waals surface area contributed by atoms with E-state index < -0.39 is 0 Å². The monoisotopic (exact) mass is 177 g/mol. The van der Waals surface area contributed by atoms with Gasteiger partial charge in [-0.2, -0.15) is 4.98 Å². The van der Waals surface area contributed by atoms with E-state index in [0.29, 0.717) is 11.5 Å². The van der Waals surface area contributed by atoms with Crippen molar-refractivity contribution in [1.82, 2.24) is 19.9 Å². The highest BCUT2D eigenvalue weighted by molar-refractivity contribution is 5.72. The van der Waals surface area contributed by atoms with Gasteiger partial charge in [-0.3, -0.25) is 9.78 Å². The van der Waals surface area contributed by atoms with E-state index in [-0.39, 0.29) is 17.0 Å². The topological polar surface area (TPSA) is 100 Å². The van der Waals surface area contributed by atoms with Crippen molar-refractivity contribution < 1.29 is 0 Å². The SMILES string of the molecule is C=Cc1nc2c(=O)[nH]c(N)nc2[nH]1. The first-order chi connectivity index (χ1) is 6.20. The standard InChI is InChI=1S/C7H7N5O/c1-2-3-9-4-5(10-3)11-7(8)12-6(4)13/h2H,1H2,(H4,8,9,10,11,12,13). The molecular formula is C7H7N5O. The summed E-state index contributed by atoms with van der Waals surface area (Å²) in [6, 6.07) is 0. The number of imidazole rings is 1. The van der Waals surface area contributed by atoms with Gasteiger partial charge in [0.25, 0.3) is 5.56 Å². The summed E-state index contributed by atoms with van der Waals surface area (Å²) >= 11 is 0. The van der Waals surface area contributed by atoms with Crippen LogP contribution in [0.4, 0.5) is 5.95 Å². The van der Waals surface area contributed by atoms with Gasteiger partial charge in [-0.25, -0.2) is 4.98 Å². The van der Waals surface area contributed by atoms with Crippen LogP contribution in [0.1, 0.15) is 5.82 Å². The number of nitrogens with two attached hydrogens (primary N) is 1. The highest BCUT2D eigenvalue weighted by Crippen LogP contribution is 2.04. The summed E-state index contributed by atoms with van der Waals surface area (Å²) in [4.78, 5) is 24.2. The second-order valence-electron chi connectivity index (χ2n) is 2.47. The molecule has 2 aromatic heterocycles. The number of hydrogen-bond acceptors (Lipinski definition) is 4. The number of hydrogen-bond donors (Lipinski definition) is 3. The summed E-state index contributed by atoms with van der Waals surface area (Å²) in [7, 11) is 0. The molecule has 0 aliphatic heterocycles. The maximum Gasteiger partial charge on any atom is 0.280 e. The summed E-state index contributed by atoms with van der Waals surface area (Å²) in [5, 5.41) is 0. The molecule has 0 fully saturated rings. The summed E-state index contributed by atoms with van der Waals surface area (Å²) in [6.07, 6.45) is 1.50. The van der Waals surface area contributed by atoms with Crippen molar-refractivity contribution in [1.29, 1.82) is 0 Å². The lowest BCUT2D eigenvalue weighted by atomic mass is 10.5. The molecule has 4 N–H and O–H groups in total. The molecule has 0 saturated heterocycles. The highest BCUT2D eigenvalue weighted by atomic mass is 16.1. The molecule has 0 saturated carbocycles. The Labute approximate surface area is 72.5 Å². The molecule has 0 radical (unpaired) electrons. The molecule has 0 bridgehead atoms. The quantitative estimate of drug-likeness (QED) is 0.564. The summed E-state index contributed by atoms with van der Waals surface area (Å²) in [6.45, 7) is 3.51. The van der Waals surface area contributed by atoms with Crippen LogP contribution in [0.15, 0.2) is 11.4 Å². The average molecular weight is 177 g/mol. The lowest BCUT2D eigenvalue weighted by molar-refractivity contribution is 1.17. The smallest absolute Gasteiger partial charge is 0.280 e. The van der Waals surface area contributed by atoms with E-state index >= 15 is 0 Å². The largest absolute Gasteiger partial charge is 0.369 e. The first kappa shape index (κ1) is 7.53. The Kier molecular flexibility index (Phi) is 1.42. The van der Waals surface area contributed by atoms with Gasteiger partial charge in [0.05, 0.1) is 0 Å². The number of anilines is 1. The molecular weight excluding hydrogens is 170 g/mol. The van der Waals surface area contributed by atoms with E-state index in [4.69, 9.17) is 5.73 Å². The number of nitrogen functional groups attached to an aromatic ring is 1. The first-order valence-electron chi connectivity index (χ1n) is 3.58. The summed E-state index contributed by atoms with van der Waals surface area (Å²) in [5.74, 6) is 0.565. The molecule has 6 heteroatoms. The number of nitrogens with one attached hydrogen (secondary N) is 2. The molecule has 0 aliphatic carbocycles. The van der Waals surface area contributed by atoms with Crippen molar-refractivity contribution in [2.45, 2.75) is 0 Å². The number of rotatable bonds is 1. The zero-order valence-corrected chi connectivity index (χ0v) is 6.66. The van der Waals surface area contributed by atoms with Gasteiger partial charge in [0.2, 0.25) is 5.95 Å². The third-order valence-corrected chi connectivity index (χ3v) is 1.59. The van der Waals surface area contributed by atoms with Crippen molar-refractivity contribution in [2.75, 3.05) is 5.73 Å². The molecule has 0 atom stereocenters. The van der Waals surface area contributed by atoms with E-state index in [2.05, 4.69) is 26.5 Å². The van der Waals surface area contributed by atoms with Crippen LogP contribution in [0.5, 0.6) is 0 Å². The van der Waals surface area contributed by atoms with Crippen LogP contribution in [0, 0.1) is 0 Å². The lowest BCUT2D eigenvalue weighted by Gasteiger charge is -1.89. The Morgan fingerprint density at radius 2 is 2.15 bits per heavy atom. The Morgan fingerprint density at radius 3 is 2.85 bits per heavy atom. The number of nitrogens with zero attached hydrogens (tertiary/aromatic N) is 2. The number of fused-ring (bicyclic) bond motifs is 1. The number of aromatic amines is 2. The molecule has 0 spiro atoms. The van der Waals surface area contributed by atoms with Gasteiger partial charge in [-0.15, -0.1) is 0 Å². The van der Waals surface area contributed by atoms with Crippen LogP contribution in [0.2, 0.25) is 0 Å². The Hall–Kier alpha value is -2.11. The van der Waals surface area contributed by atoms with Gasteiger partial charge in [-0.1, -0.05) is 6.58 Å². The fourth-order valence-corrected chi connectivity index (χ4v) is 1.04. The van der Waals surface area contributed by atoms with Crippen LogP contribution in [0.3, 0.4) is 0 Å². The van der Waals surface area contributed by atoms with Crippen molar-refractivity contribution in [3.63, 3.8) is 0 Å². The third kappa shape index (κ3) is 1.08. The molecule has 0 unspecified atom stereocenters. The molecule has 0 amide bonds. The van der Waals surface area contributed by atoms with Gasteiger partial charge in [-0.05, 0) is 6.08 Å². The van der Waals surface area contributed by atoms with Gasteiger partial charge in [0.15, 0.2) is 11.2 Å². The van der Waals surface area contributed by atoms with E-state index in [1.54, 1.807) is 0 Å². The van der Waals surface area contributed by atoms with Crippen molar-refractivity contribution in [3.05, 3.63) is 22.8 Å². The minimum Gasteiger partial charge on any atom is -0.369 e. The van der Waals surface area contributed by atoms with Gasteiger partial charge < -0.3 is 10.7 Å². The zero-order chi connectivity index (χ0) is 9.42. The maximum atomic E-state index is 11.2. The molecule has 6 nitrogen and oxygen atoms in total. The van der Waals surface area contributed by atoms with Gasteiger partial charge in [0.1, 0.15) is 5.82 Å². The fourth-order valence-electron chi connectivity index (χ4n) is 1.04. The minimum atomic E-state index is -0.355. The van der Waals surface area contributed by atoms with E-state index in [1.807, 2.05) is 0 Å². The molecule has 2 rings (SSSR count). The molecule has 0 aliphatic rings. The van der Waals surface area contributed by atoms with Gasteiger partial charge >= 0.3 is 0 Å². The first-order valence-corrected chi connectivity index (χ1v) is 3.58.